The van der Waals surface area contributed by atoms with E-state index in [1.807, 2.05) is 0 Å². The second kappa shape index (κ2) is 9.01. The van der Waals surface area contributed by atoms with E-state index in [-0.39, 0.29) is 24.7 Å². The summed E-state index contributed by atoms with van der Waals surface area (Å²) in [6, 6.07) is 14.7. The summed E-state index contributed by atoms with van der Waals surface area (Å²) < 4.78 is 25.5. The van der Waals surface area contributed by atoms with Gasteiger partial charge in [-0.2, -0.15) is 9.61 Å². The molecule has 2 heterocycles. The fourth-order valence-corrected chi connectivity index (χ4v) is 3.16. The second-order valence-electron chi connectivity index (χ2n) is 6.54. The van der Waals surface area contributed by atoms with Crippen LogP contribution in [0, 0.1) is 5.82 Å². The van der Waals surface area contributed by atoms with Crippen LogP contribution in [0.3, 0.4) is 0 Å². The summed E-state index contributed by atoms with van der Waals surface area (Å²) in [7, 11) is 0. The van der Waals surface area contributed by atoms with E-state index < -0.39 is 5.97 Å². The molecule has 0 aliphatic carbocycles. The quantitative estimate of drug-likeness (QED) is 0.406. The normalized spacial score (nSPS) is 10.8. The fourth-order valence-electron chi connectivity index (χ4n) is 2.93. The van der Waals surface area contributed by atoms with Crippen LogP contribution in [0.1, 0.15) is 23.0 Å². The Kier molecular flexibility index (Phi) is 5.99. The molecule has 7 nitrogen and oxygen atoms in total. The number of esters is 1. The van der Waals surface area contributed by atoms with Crippen LogP contribution in [-0.4, -0.2) is 27.2 Å². The lowest BCUT2D eigenvalue weighted by Crippen LogP contribution is -2.06. The van der Waals surface area contributed by atoms with Gasteiger partial charge in [0.1, 0.15) is 24.0 Å². The highest BCUT2D eigenvalue weighted by Gasteiger charge is 2.14. The summed E-state index contributed by atoms with van der Waals surface area (Å²) in [6.07, 6.45) is 1.60. The van der Waals surface area contributed by atoms with E-state index >= 15 is 0 Å². The number of ether oxygens (including phenoxy) is 2. The van der Waals surface area contributed by atoms with E-state index in [1.165, 1.54) is 16.6 Å². The van der Waals surface area contributed by atoms with Gasteiger partial charge in [-0.1, -0.05) is 23.7 Å². The average molecular weight is 441 g/mol. The van der Waals surface area contributed by atoms with Gasteiger partial charge in [0.05, 0.1) is 11.6 Å². The van der Waals surface area contributed by atoms with Crippen LogP contribution in [-0.2, 0) is 11.3 Å². The average Bonchev–Trinajstić information content (AvgIpc) is 3.19. The van der Waals surface area contributed by atoms with E-state index in [0.717, 1.165) is 0 Å². The molecular weight excluding hydrogens is 423 g/mol. The van der Waals surface area contributed by atoms with Gasteiger partial charge >= 0.3 is 5.97 Å². The largest absolute Gasteiger partial charge is 0.487 e. The van der Waals surface area contributed by atoms with E-state index in [4.69, 9.17) is 21.1 Å². The lowest BCUT2D eigenvalue weighted by atomic mass is 10.2. The number of carbonyl (C=O) groups is 1. The molecule has 0 bridgehead atoms. The Hall–Kier alpha value is -3.65. The van der Waals surface area contributed by atoms with Crippen LogP contribution in [0.4, 0.5) is 15.9 Å². The standard InChI is InChI=1S/C22H18ClFN4O3/c1-2-30-22(29)18-12-21-25-9-8-20(28(21)27-18)26-16-6-7-19(17(23)11-16)31-13-14-4-3-5-15(24)10-14/h3-12,26H,2,13H2,1H3. The molecule has 158 valence electrons. The molecule has 2 aromatic carbocycles. The summed E-state index contributed by atoms with van der Waals surface area (Å²) in [4.78, 5) is 16.2. The fraction of sp³-hybridized carbons (Fsp3) is 0.136. The lowest BCUT2D eigenvalue weighted by molar-refractivity contribution is 0.0519. The molecule has 4 rings (SSSR count). The minimum atomic E-state index is -0.512. The Morgan fingerprint density at radius 1 is 1.19 bits per heavy atom. The van der Waals surface area contributed by atoms with E-state index in [0.29, 0.717) is 33.5 Å². The first-order valence-corrected chi connectivity index (χ1v) is 9.87. The van der Waals surface area contributed by atoms with Crippen molar-refractivity contribution in [3.05, 3.63) is 82.9 Å². The zero-order chi connectivity index (χ0) is 21.8. The summed E-state index contributed by atoms with van der Waals surface area (Å²) in [5.74, 6) is 0.229. The molecule has 2 aromatic heterocycles. The van der Waals surface area contributed by atoms with Crippen LogP contribution in [0.5, 0.6) is 5.75 Å². The molecule has 0 radical (unpaired) electrons. The van der Waals surface area contributed by atoms with Gasteiger partial charge < -0.3 is 14.8 Å². The van der Waals surface area contributed by atoms with Crippen LogP contribution in [0.2, 0.25) is 5.02 Å². The van der Waals surface area contributed by atoms with E-state index in [2.05, 4.69) is 15.4 Å². The van der Waals surface area contributed by atoms with Crippen molar-refractivity contribution in [1.82, 2.24) is 14.6 Å². The number of nitrogens with zero attached hydrogens (tertiary/aromatic N) is 3. The summed E-state index contributed by atoms with van der Waals surface area (Å²) >= 11 is 6.36. The zero-order valence-corrected chi connectivity index (χ0v) is 17.3. The van der Waals surface area contributed by atoms with Crippen LogP contribution >= 0.6 is 11.6 Å². The maximum Gasteiger partial charge on any atom is 0.358 e. The smallest absolute Gasteiger partial charge is 0.358 e. The van der Waals surface area contributed by atoms with Crippen molar-refractivity contribution in [2.24, 2.45) is 0 Å². The summed E-state index contributed by atoms with van der Waals surface area (Å²) in [5.41, 5.74) is 2.05. The van der Waals surface area contributed by atoms with E-state index in [1.54, 1.807) is 55.6 Å². The van der Waals surface area contributed by atoms with Crippen molar-refractivity contribution in [3.8, 4) is 5.75 Å². The molecule has 0 aliphatic heterocycles. The van der Waals surface area contributed by atoms with Crippen molar-refractivity contribution in [2.45, 2.75) is 13.5 Å². The van der Waals surface area contributed by atoms with Gasteiger partial charge in [-0.05, 0) is 48.9 Å². The third-order valence-corrected chi connectivity index (χ3v) is 4.63. The SMILES string of the molecule is CCOC(=O)c1cc2nccc(Nc3ccc(OCc4cccc(F)c4)c(Cl)c3)n2n1. The number of rotatable bonds is 7. The Morgan fingerprint density at radius 2 is 2.06 bits per heavy atom. The van der Waals surface area contributed by atoms with Crippen molar-refractivity contribution in [3.63, 3.8) is 0 Å². The van der Waals surface area contributed by atoms with Crippen LogP contribution < -0.4 is 10.1 Å². The highest BCUT2D eigenvalue weighted by molar-refractivity contribution is 6.32. The monoisotopic (exact) mass is 440 g/mol. The molecule has 9 heteroatoms. The van der Waals surface area contributed by atoms with Crippen molar-refractivity contribution >= 4 is 34.7 Å². The zero-order valence-electron chi connectivity index (χ0n) is 16.5. The number of hydrogen-bond acceptors (Lipinski definition) is 6. The van der Waals surface area contributed by atoms with Crippen LogP contribution in [0.15, 0.2) is 60.8 Å². The second-order valence-corrected chi connectivity index (χ2v) is 6.95. The van der Waals surface area contributed by atoms with Crippen LogP contribution in [0.25, 0.3) is 5.65 Å². The topological polar surface area (TPSA) is 77.8 Å². The number of halogens is 2. The molecule has 0 saturated carbocycles. The molecule has 0 saturated heterocycles. The maximum atomic E-state index is 13.3. The molecule has 0 spiro atoms. The predicted molar refractivity (Wildman–Crippen MR) is 114 cm³/mol. The first-order valence-electron chi connectivity index (χ1n) is 9.49. The molecule has 31 heavy (non-hydrogen) atoms. The Bertz CT molecular complexity index is 1240. The minimum absolute atomic E-state index is 0.169. The number of anilines is 2. The molecular formula is C22H18ClFN4O3. The lowest BCUT2D eigenvalue weighted by Gasteiger charge is -2.12. The molecule has 0 amide bonds. The molecule has 0 unspecified atom stereocenters. The summed E-state index contributed by atoms with van der Waals surface area (Å²) in [5, 5.41) is 7.85. The van der Waals surface area contributed by atoms with E-state index in [9.17, 15) is 9.18 Å². The first-order chi connectivity index (χ1) is 15.0. The molecule has 4 aromatic rings. The van der Waals surface area contributed by atoms with Gasteiger partial charge in [0, 0.05) is 18.0 Å². The number of nitrogens with one attached hydrogen (secondary N) is 1. The third-order valence-electron chi connectivity index (χ3n) is 4.33. The van der Waals surface area contributed by atoms with Gasteiger partial charge in [-0.25, -0.2) is 14.2 Å². The number of benzene rings is 2. The molecule has 0 fully saturated rings. The van der Waals surface area contributed by atoms with Gasteiger partial charge in [-0.3, -0.25) is 0 Å². The number of carbonyl (C=O) groups excluding carboxylic acids is 1. The third kappa shape index (κ3) is 4.75. The molecule has 0 atom stereocenters. The number of hydrogen-bond donors (Lipinski definition) is 1. The Balaban J connectivity index is 1.51. The van der Waals surface area contributed by atoms with Gasteiger partial charge in [0.2, 0.25) is 0 Å². The number of fused-ring (bicyclic) bond motifs is 1. The summed E-state index contributed by atoms with van der Waals surface area (Å²) in [6.45, 7) is 2.19. The first kappa shape index (κ1) is 20.6. The predicted octanol–water partition coefficient (Wildman–Crippen LogP) is 5.02. The molecule has 1 N–H and O–H groups in total. The van der Waals surface area contributed by atoms with Crippen molar-refractivity contribution < 1.29 is 18.7 Å². The highest BCUT2D eigenvalue weighted by Crippen LogP contribution is 2.30. The minimum Gasteiger partial charge on any atom is -0.487 e. The highest BCUT2D eigenvalue weighted by atomic mass is 35.5. The van der Waals surface area contributed by atoms with Gasteiger partial charge in [0.25, 0.3) is 0 Å². The van der Waals surface area contributed by atoms with Crippen molar-refractivity contribution in [1.29, 1.82) is 0 Å². The van der Waals surface area contributed by atoms with Gasteiger partial charge in [0.15, 0.2) is 11.3 Å². The molecule has 0 aliphatic rings. The number of aromatic nitrogens is 3. The maximum absolute atomic E-state index is 13.3. The Labute approximate surface area is 182 Å². The van der Waals surface area contributed by atoms with Gasteiger partial charge in [-0.15, -0.1) is 0 Å². The van der Waals surface area contributed by atoms with Crippen molar-refractivity contribution in [2.75, 3.05) is 11.9 Å². The Morgan fingerprint density at radius 3 is 2.84 bits per heavy atom.